The van der Waals surface area contributed by atoms with Gasteiger partial charge in [0, 0.05) is 0 Å². The van der Waals surface area contributed by atoms with Gasteiger partial charge >= 0.3 is 0 Å². The van der Waals surface area contributed by atoms with E-state index in [-0.39, 0.29) is 0 Å². The van der Waals surface area contributed by atoms with Gasteiger partial charge in [0.2, 0.25) is 0 Å². The van der Waals surface area contributed by atoms with Crippen LogP contribution >= 0.6 is 0 Å². The van der Waals surface area contributed by atoms with Crippen LogP contribution in [0.1, 0.15) is 58.8 Å². The lowest BCUT2D eigenvalue weighted by atomic mass is 9.92. The van der Waals surface area contributed by atoms with Gasteiger partial charge in [0.15, 0.2) is 0 Å². The number of hydrogen-bond acceptors (Lipinski definition) is 0. The summed E-state index contributed by atoms with van der Waals surface area (Å²) in [6, 6.07) is 0. The first-order chi connectivity index (χ1) is 5.29. The molecule has 0 saturated heterocycles. The average Bonchev–Trinajstić information content (AvgIpc) is 2.02. The van der Waals surface area contributed by atoms with Gasteiger partial charge in [-0.15, -0.1) is 0 Å². The zero-order valence-electron chi connectivity index (χ0n) is 8.10. The SMILES string of the molecule is CC1CCCCCCC(C)C1. The van der Waals surface area contributed by atoms with Gasteiger partial charge in [0.25, 0.3) is 0 Å². The molecule has 0 aromatic rings. The summed E-state index contributed by atoms with van der Waals surface area (Å²) in [6.07, 6.45) is 10.4. The van der Waals surface area contributed by atoms with Crippen molar-refractivity contribution in [2.75, 3.05) is 0 Å². The lowest BCUT2D eigenvalue weighted by Gasteiger charge is -2.14. The van der Waals surface area contributed by atoms with E-state index >= 15 is 0 Å². The fourth-order valence-corrected chi connectivity index (χ4v) is 2.26. The monoisotopic (exact) mass is 154 g/mol. The number of rotatable bonds is 0. The molecule has 0 aromatic heterocycles. The Kier molecular flexibility index (Phi) is 3.96. The molecule has 0 radical (unpaired) electrons. The van der Waals surface area contributed by atoms with E-state index in [1.54, 1.807) is 0 Å². The predicted molar refractivity (Wildman–Crippen MR) is 50.6 cm³/mol. The topological polar surface area (TPSA) is 0 Å². The van der Waals surface area contributed by atoms with E-state index in [0.29, 0.717) is 0 Å². The van der Waals surface area contributed by atoms with Crippen molar-refractivity contribution < 1.29 is 0 Å². The van der Waals surface area contributed by atoms with Crippen molar-refractivity contribution in [1.29, 1.82) is 0 Å². The van der Waals surface area contributed by atoms with E-state index in [9.17, 15) is 0 Å². The molecule has 0 heteroatoms. The van der Waals surface area contributed by atoms with Gasteiger partial charge in [-0.3, -0.25) is 0 Å². The van der Waals surface area contributed by atoms with Crippen LogP contribution in [0.2, 0.25) is 0 Å². The van der Waals surface area contributed by atoms with Crippen LogP contribution in [0.4, 0.5) is 0 Å². The lowest BCUT2D eigenvalue weighted by Crippen LogP contribution is -2.01. The average molecular weight is 154 g/mol. The van der Waals surface area contributed by atoms with Gasteiger partial charge in [0.1, 0.15) is 0 Å². The first-order valence-electron chi connectivity index (χ1n) is 5.29. The van der Waals surface area contributed by atoms with Gasteiger partial charge in [0.05, 0.1) is 0 Å². The largest absolute Gasteiger partial charge is 0.0625 e. The molecule has 0 N–H and O–H groups in total. The standard InChI is InChI=1S/C11H22/c1-10-7-5-3-4-6-8-11(2)9-10/h10-11H,3-9H2,1-2H3. The van der Waals surface area contributed by atoms with E-state index < -0.39 is 0 Å². The minimum atomic E-state index is 0.989. The molecule has 0 aliphatic heterocycles. The molecule has 0 nitrogen and oxygen atoms in total. The Bertz CT molecular complexity index is 84.2. The smallest absolute Gasteiger partial charge is 0.0440 e. The van der Waals surface area contributed by atoms with Crippen LogP contribution in [0.25, 0.3) is 0 Å². The molecule has 0 bridgehead atoms. The second kappa shape index (κ2) is 4.79. The zero-order valence-corrected chi connectivity index (χ0v) is 8.10. The van der Waals surface area contributed by atoms with Crippen molar-refractivity contribution in [3.8, 4) is 0 Å². The third-order valence-corrected chi connectivity index (χ3v) is 2.95. The van der Waals surface area contributed by atoms with E-state index in [1.807, 2.05) is 0 Å². The Labute approximate surface area is 71.4 Å². The van der Waals surface area contributed by atoms with E-state index in [0.717, 1.165) is 11.8 Å². The molecule has 0 amide bonds. The number of hydrogen-bond donors (Lipinski definition) is 0. The molecule has 11 heavy (non-hydrogen) atoms. The second-order valence-corrected chi connectivity index (χ2v) is 4.44. The fraction of sp³-hybridized carbons (Fsp3) is 1.00. The van der Waals surface area contributed by atoms with Gasteiger partial charge in [-0.25, -0.2) is 0 Å². The molecule has 2 unspecified atom stereocenters. The molecular weight excluding hydrogens is 132 g/mol. The highest BCUT2D eigenvalue weighted by atomic mass is 14.2. The maximum Gasteiger partial charge on any atom is -0.0440 e. The van der Waals surface area contributed by atoms with E-state index in [4.69, 9.17) is 0 Å². The first kappa shape index (κ1) is 9.09. The predicted octanol–water partition coefficient (Wildman–Crippen LogP) is 4.00. The highest BCUT2D eigenvalue weighted by Gasteiger charge is 2.10. The van der Waals surface area contributed by atoms with Gasteiger partial charge in [-0.1, -0.05) is 52.4 Å². The minimum absolute atomic E-state index is 0.989. The molecule has 1 rings (SSSR count). The first-order valence-corrected chi connectivity index (χ1v) is 5.29. The molecule has 2 atom stereocenters. The quantitative estimate of drug-likeness (QED) is 0.494. The summed E-state index contributed by atoms with van der Waals surface area (Å²) in [6.45, 7) is 4.84. The second-order valence-electron chi connectivity index (χ2n) is 4.44. The Morgan fingerprint density at radius 2 is 1.18 bits per heavy atom. The molecular formula is C11H22. The molecule has 66 valence electrons. The Morgan fingerprint density at radius 3 is 1.64 bits per heavy atom. The molecule has 1 fully saturated rings. The summed E-state index contributed by atoms with van der Waals surface area (Å²) < 4.78 is 0. The maximum atomic E-state index is 2.42. The molecule has 0 aromatic carbocycles. The van der Waals surface area contributed by atoms with Crippen LogP contribution in [-0.4, -0.2) is 0 Å². The molecule has 0 heterocycles. The third-order valence-electron chi connectivity index (χ3n) is 2.95. The summed E-state index contributed by atoms with van der Waals surface area (Å²) in [5.41, 5.74) is 0. The van der Waals surface area contributed by atoms with Crippen molar-refractivity contribution in [2.24, 2.45) is 11.8 Å². The summed E-state index contributed by atoms with van der Waals surface area (Å²) in [5, 5.41) is 0. The summed E-state index contributed by atoms with van der Waals surface area (Å²) in [5.74, 6) is 1.98. The molecule has 1 aliphatic carbocycles. The summed E-state index contributed by atoms with van der Waals surface area (Å²) in [7, 11) is 0. The van der Waals surface area contributed by atoms with Crippen LogP contribution in [0.5, 0.6) is 0 Å². The van der Waals surface area contributed by atoms with Gasteiger partial charge < -0.3 is 0 Å². The van der Waals surface area contributed by atoms with Crippen molar-refractivity contribution >= 4 is 0 Å². The molecule has 1 saturated carbocycles. The van der Waals surface area contributed by atoms with Crippen LogP contribution in [0.15, 0.2) is 0 Å². The summed E-state index contributed by atoms with van der Waals surface area (Å²) in [4.78, 5) is 0. The Morgan fingerprint density at radius 1 is 0.727 bits per heavy atom. The Balaban J connectivity index is 2.27. The third kappa shape index (κ3) is 3.79. The van der Waals surface area contributed by atoms with Crippen molar-refractivity contribution in [3.05, 3.63) is 0 Å². The van der Waals surface area contributed by atoms with Crippen molar-refractivity contribution in [1.82, 2.24) is 0 Å². The minimum Gasteiger partial charge on any atom is -0.0625 e. The molecule has 0 spiro atoms. The normalized spacial score (nSPS) is 35.5. The highest BCUT2D eigenvalue weighted by Crippen LogP contribution is 2.24. The fourth-order valence-electron chi connectivity index (χ4n) is 2.26. The van der Waals surface area contributed by atoms with Gasteiger partial charge in [-0.05, 0) is 18.3 Å². The van der Waals surface area contributed by atoms with Crippen LogP contribution in [-0.2, 0) is 0 Å². The van der Waals surface area contributed by atoms with Gasteiger partial charge in [-0.2, -0.15) is 0 Å². The van der Waals surface area contributed by atoms with Crippen molar-refractivity contribution in [3.63, 3.8) is 0 Å². The highest BCUT2D eigenvalue weighted by molar-refractivity contribution is 4.63. The van der Waals surface area contributed by atoms with Crippen LogP contribution in [0.3, 0.4) is 0 Å². The molecule has 1 aliphatic rings. The van der Waals surface area contributed by atoms with E-state index in [2.05, 4.69) is 13.8 Å². The van der Waals surface area contributed by atoms with Crippen molar-refractivity contribution in [2.45, 2.75) is 58.8 Å². The van der Waals surface area contributed by atoms with E-state index in [1.165, 1.54) is 44.9 Å². The lowest BCUT2D eigenvalue weighted by molar-refractivity contribution is 0.382. The van der Waals surface area contributed by atoms with Crippen LogP contribution in [0, 0.1) is 11.8 Å². The Hall–Kier alpha value is 0. The zero-order chi connectivity index (χ0) is 8.10. The van der Waals surface area contributed by atoms with Crippen LogP contribution < -0.4 is 0 Å². The summed E-state index contributed by atoms with van der Waals surface area (Å²) >= 11 is 0. The maximum absolute atomic E-state index is 2.42.